The van der Waals surface area contributed by atoms with Crippen molar-refractivity contribution in [3.05, 3.63) is 56.8 Å². The van der Waals surface area contributed by atoms with Crippen molar-refractivity contribution in [3.63, 3.8) is 0 Å². The van der Waals surface area contributed by atoms with Crippen LogP contribution in [0.15, 0.2) is 46.7 Å². The highest BCUT2D eigenvalue weighted by Crippen LogP contribution is 2.33. The zero-order valence-electron chi connectivity index (χ0n) is 16.4. The van der Waals surface area contributed by atoms with Crippen molar-refractivity contribution in [2.75, 3.05) is 38.2 Å². The molecule has 1 aliphatic heterocycles. The van der Waals surface area contributed by atoms with Gasteiger partial charge in [-0.1, -0.05) is 40.9 Å². The maximum atomic E-state index is 13.1. The van der Waals surface area contributed by atoms with Crippen molar-refractivity contribution >= 4 is 61.3 Å². The third kappa shape index (κ3) is 4.65. The summed E-state index contributed by atoms with van der Waals surface area (Å²) in [5, 5.41) is 4.10. The van der Waals surface area contributed by atoms with Crippen molar-refractivity contribution in [2.24, 2.45) is 0 Å². The highest BCUT2D eigenvalue weighted by Gasteiger charge is 2.31. The number of nitrogens with zero attached hydrogens (tertiary/aromatic N) is 3. The predicted octanol–water partition coefficient (Wildman–Crippen LogP) is 5.29. The zero-order valence-corrected chi connectivity index (χ0v) is 20.3. The van der Waals surface area contributed by atoms with Gasteiger partial charge in [-0.25, -0.2) is 13.4 Å². The van der Waals surface area contributed by atoms with Crippen LogP contribution in [0.1, 0.15) is 0 Å². The molecule has 0 aliphatic carbocycles. The Hall–Kier alpha value is -1.55. The highest BCUT2D eigenvalue weighted by atomic mass is 35.5. The molecule has 1 aromatic heterocycles. The molecule has 2 heterocycles. The second-order valence-corrected chi connectivity index (χ2v) is 10.8. The number of sulfonamides is 1. The van der Waals surface area contributed by atoms with Gasteiger partial charge in [0.2, 0.25) is 10.0 Å². The summed E-state index contributed by atoms with van der Waals surface area (Å²) in [6, 6.07) is 9.98. The number of thiazole rings is 1. The lowest BCUT2D eigenvalue weighted by Crippen LogP contribution is -2.48. The van der Waals surface area contributed by atoms with E-state index in [2.05, 4.69) is 4.90 Å². The van der Waals surface area contributed by atoms with Gasteiger partial charge in [-0.15, -0.1) is 11.3 Å². The van der Waals surface area contributed by atoms with Gasteiger partial charge in [0.25, 0.3) is 0 Å². The van der Waals surface area contributed by atoms with Gasteiger partial charge in [-0.05, 0) is 30.3 Å². The number of rotatable bonds is 5. The Kier molecular flexibility index (Phi) is 6.67. The van der Waals surface area contributed by atoms with Crippen LogP contribution in [0.2, 0.25) is 15.1 Å². The van der Waals surface area contributed by atoms with Crippen molar-refractivity contribution in [1.82, 2.24) is 9.29 Å². The van der Waals surface area contributed by atoms with E-state index in [0.717, 1.165) is 16.4 Å². The number of aromatic nitrogens is 1. The molecule has 0 bridgehead atoms. The third-order valence-corrected chi connectivity index (χ3v) is 8.76. The molecular weight excluding hydrogens is 501 g/mol. The molecule has 1 fully saturated rings. The summed E-state index contributed by atoms with van der Waals surface area (Å²) in [5.74, 6) is 0.276. The second-order valence-electron chi connectivity index (χ2n) is 6.83. The Balaban J connectivity index is 1.49. The first kappa shape index (κ1) is 22.6. The Morgan fingerprint density at radius 3 is 2.42 bits per heavy atom. The van der Waals surface area contributed by atoms with E-state index < -0.39 is 10.0 Å². The van der Waals surface area contributed by atoms with Gasteiger partial charge in [-0.2, -0.15) is 4.31 Å². The van der Waals surface area contributed by atoms with Gasteiger partial charge in [0, 0.05) is 42.1 Å². The average Bonchev–Trinajstić information content (AvgIpc) is 3.26. The number of methoxy groups -OCH3 is 1. The normalized spacial score (nSPS) is 15.3. The Bertz CT molecular complexity index is 1210. The molecule has 0 atom stereocenters. The Labute approximate surface area is 200 Å². The van der Waals surface area contributed by atoms with Crippen LogP contribution in [0.4, 0.5) is 5.13 Å². The van der Waals surface area contributed by atoms with E-state index in [1.807, 2.05) is 11.4 Å². The highest BCUT2D eigenvalue weighted by molar-refractivity contribution is 7.89. The molecule has 4 rings (SSSR count). The number of hydrogen-bond acceptors (Lipinski definition) is 6. The number of piperazine rings is 1. The molecule has 1 saturated heterocycles. The third-order valence-electron chi connectivity index (χ3n) is 4.96. The topological polar surface area (TPSA) is 62.7 Å². The van der Waals surface area contributed by atoms with Crippen molar-refractivity contribution in [1.29, 1.82) is 0 Å². The first-order chi connectivity index (χ1) is 14.8. The fourth-order valence-electron chi connectivity index (χ4n) is 3.31. The molecule has 3 aromatic rings. The van der Waals surface area contributed by atoms with Crippen LogP contribution in [0, 0.1) is 0 Å². The molecule has 0 spiro atoms. The summed E-state index contributed by atoms with van der Waals surface area (Å²) in [6.07, 6.45) is 0. The molecule has 1 aliphatic rings. The number of hydrogen-bond donors (Lipinski definition) is 0. The molecule has 0 saturated carbocycles. The minimum atomic E-state index is -3.73. The number of anilines is 1. The van der Waals surface area contributed by atoms with Crippen molar-refractivity contribution < 1.29 is 13.2 Å². The molecule has 0 radical (unpaired) electrons. The first-order valence-corrected chi connectivity index (χ1v) is 12.7. The minimum Gasteiger partial charge on any atom is -0.495 e. The van der Waals surface area contributed by atoms with E-state index in [9.17, 15) is 8.42 Å². The van der Waals surface area contributed by atoms with Crippen LogP contribution in [0.3, 0.4) is 0 Å². The molecule has 11 heteroatoms. The zero-order chi connectivity index (χ0) is 22.2. The minimum absolute atomic E-state index is 0.0760. The summed E-state index contributed by atoms with van der Waals surface area (Å²) >= 11 is 19.6. The average molecular weight is 519 g/mol. The van der Waals surface area contributed by atoms with Crippen LogP contribution in [-0.4, -0.2) is 51.0 Å². The van der Waals surface area contributed by atoms with Crippen LogP contribution in [0.25, 0.3) is 11.3 Å². The largest absolute Gasteiger partial charge is 0.495 e. The van der Waals surface area contributed by atoms with Crippen LogP contribution < -0.4 is 9.64 Å². The summed E-state index contributed by atoms with van der Waals surface area (Å²) in [5.41, 5.74) is 1.68. The van der Waals surface area contributed by atoms with E-state index in [1.54, 1.807) is 24.3 Å². The molecule has 31 heavy (non-hydrogen) atoms. The fourth-order valence-corrected chi connectivity index (χ4v) is 6.34. The van der Waals surface area contributed by atoms with Gasteiger partial charge in [-0.3, -0.25) is 0 Å². The van der Waals surface area contributed by atoms with Gasteiger partial charge in [0.1, 0.15) is 10.6 Å². The lowest BCUT2D eigenvalue weighted by atomic mass is 10.2. The van der Waals surface area contributed by atoms with E-state index in [1.165, 1.54) is 28.8 Å². The molecule has 0 amide bonds. The van der Waals surface area contributed by atoms with E-state index in [4.69, 9.17) is 44.5 Å². The monoisotopic (exact) mass is 517 g/mol. The Morgan fingerprint density at radius 2 is 1.74 bits per heavy atom. The molecule has 2 aromatic carbocycles. The van der Waals surface area contributed by atoms with Gasteiger partial charge < -0.3 is 9.64 Å². The molecule has 164 valence electrons. The summed E-state index contributed by atoms with van der Waals surface area (Å²) in [6.45, 7) is 1.71. The van der Waals surface area contributed by atoms with E-state index >= 15 is 0 Å². The Morgan fingerprint density at radius 1 is 1.00 bits per heavy atom. The van der Waals surface area contributed by atoms with E-state index in [0.29, 0.717) is 41.2 Å². The maximum absolute atomic E-state index is 13.1. The van der Waals surface area contributed by atoms with Crippen LogP contribution >= 0.6 is 46.1 Å². The van der Waals surface area contributed by atoms with Crippen molar-refractivity contribution in [2.45, 2.75) is 4.90 Å². The van der Waals surface area contributed by atoms with Crippen molar-refractivity contribution in [3.8, 4) is 17.0 Å². The molecule has 0 unspecified atom stereocenters. The fraction of sp³-hybridized carbons (Fsp3) is 0.250. The summed E-state index contributed by atoms with van der Waals surface area (Å²) < 4.78 is 33.0. The van der Waals surface area contributed by atoms with Gasteiger partial charge in [0.05, 0.1) is 22.8 Å². The van der Waals surface area contributed by atoms with Crippen LogP contribution in [0.5, 0.6) is 5.75 Å². The lowest BCUT2D eigenvalue weighted by Gasteiger charge is -2.34. The van der Waals surface area contributed by atoms with E-state index in [-0.39, 0.29) is 10.6 Å². The lowest BCUT2D eigenvalue weighted by molar-refractivity contribution is 0.374. The summed E-state index contributed by atoms with van der Waals surface area (Å²) in [7, 11) is -2.29. The number of benzene rings is 2. The molecular formula is C20H18Cl3N3O3S2. The molecule has 6 nitrogen and oxygen atoms in total. The SMILES string of the molecule is COc1ccc(Cl)cc1S(=O)(=O)N1CCN(c2nc(-c3ccc(Cl)c(Cl)c3)cs2)CC1. The smallest absolute Gasteiger partial charge is 0.246 e. The standard InChI is InChI=1S/C20H18Cl3N3O3S2/c1-29-18-5-3-14(21)11-19(18)31(27,28)26-8-6-25(7-9-26)20-24-17(12-30-20)13-2-4-15(22)16(23)10-13/h2-5,10-12H,6-9H2,1H3. The first-order valence-electron chi connectivity index (χ1n) is 9.29. The maximum Gasteiger partial charge on any atom is 0.246 e. The predicted molar refractivity (Wildman–Crippen MR) is 127 cm³/mol. The van der Waals surface area contributed by atoms with Crippen LogP contribution in [-0.2, 0) is 10.0 Å². The van der Waals surface area contributed by atoms with Gasteiger partial charge in [0.15, 0.2) is 5.13 Å². The number of ether oxygens (including phenoxy) is 1. The van der Waals surface area contributed by atoms with Gasteiger partial charge >= 0.3 is 0 Å². The quantitative estimate of drug-likeness (QED) is 0.459. The summed E-state index contributed by atoms with van der Waals surface area (Å²) in [4.78, 5) is 6.85. The second kappa shape index (κ2) is 9.13. The number of halogens is 3. The molecule has 0 N–H and O–H groups in total.